The molecule has 2 aromatic carbocycles. The second-order valence-corrected chi connectivity index (χ2v) is 7.09. The van der Waals surface area contributed by atoms with Crippen LogP contribution in [0.3, 0.4) is 0 Å². The van der Waals surface area contributed by atoms with Crippen molar-refractivity contribution in [2.75, 3.05) is 18.6 Å². The second-order valence-electron chi connectivity index (χ2n) is 4.61. The van der Waals surface area contributed by atoms with Crippen LogP contribution in [0.2, 0.25) is 5.02 Å². The summed E-state index contributed by atoms with van der Waals surface area (Å²) in [4.78, 5) is 0.0812. The molecule has 0 saturated heterocycles. The fraction of sp³-hybridized carbons (Fsp3) is 0.200. The van der Waals surface area contributed by atoms with Crippen LogP contribution in [0.5, 0.6) is 5.75 Å². The number of halogens is 1. The lowest BCUT2D eigenvalue weighted by Gasteiger charge is -2.08. The van der Waals surface area contributed by atoms with E-state index >= 15 is 0 Å². The summed E-state index contributed by atoms with van der Waals surface area (Å²) in [5, 5.41) is 0.193. The number of anilines is 1. The van der Waals surface area contributed by atoms with Crippen molar-refractivity contribution in [1.29, 1.82) is 0 Å². The SMILES string of the molecule is COc1ccc(CCS(=O)(=O)c2cc(N)ccc2Cl)cc1. The summed E-state index contributed by atoms with van der Waals surface area (Å²) in [6, 6.07) is 11.8. The second kappa shape index (κ2) is 6.37. The van der Waals surface area contributed by atoms with Gasteiger partial charge >= 0.3 is 0 Å². The van der Waals surface area contributed by atoms with E-state index in [1.54, 1.807) is 25.3 Å². The minimum absolute atomic E-state index is 0.0253. The molecule has 4 nitrogen and oxygen atoms in total. The number of hydrogen-bond donors (Lipinski definition) is 1. The van der Waals surface area contributed by atoms with Gasteiger partial charge < -0.3 is 10.5 Å². The van der Waals surface area contributed by atoms with Crippen LogP contribution >= 0.6 is 11.6 Å². The Hall–Kier alpha value is -1.72. The Morgan fingerprint density at radius 3 is 2.43 bits per heavy atom. The molecule has 0 bridgehead atoms. The molecule has 0 radical (unpaired) electrons. The molecule has 0 spiro atoms. The number of nitrogen functional groups attached to an aromatic ring is 1. The summed E-state index contributed by atoms with van der Waals surface area (Å²) < 4.78 is 29.7. The maximum Gasteiger partial charge on any atom is 0.180 e. The van der Waals surface area contributed by atoms with Gasteiger partial charge in [-0.2, -0.15) is 0 Å². The molecular formula is C15H16ClNO3S. The zero-order chi connectivity index (χ0) is 15.5. The summed E-state index contributed by atoms with van der Waals surface area (Å²) in [7, 11) is -1.89. The minimum atomic E-state index is -3.47. The van der Waals surface area contributed by atoms with Crippen molar-refractivity contribution in [1.82, 2.24) is 0 Å². The van der Waals surface area contributed by atoms with Gasteiger partial charge in [0, 0.05) is 5.69 Å². The zero-order valence-electron chi connectivity index (χ0n) is 11.5. The molecule has 0 saturated carbocycles. The van der Waals surface area contributed by atoms with Crippen LogP contribution in [0.4, 0.5) is 5.69 Å². The molecule has 2 N–H and O–H groups in total. The number of benzene rings is 2. The third kappa shape index (κ3) is 3.89. The van der Waals surface area contributed by atoms with Crippen LogP contribution in [-0.2, 0) is 16.3 Å². The molecule has 0 unspecified atom stereocenters. The average molecular weight is 326 g/mol. The van der Waals surface area contributed by atoms with E-state index in [0.717, 1.165) is 11.3 Å². The van der Waals surface area contributed by atoms with E-state index in [4.69, 9.17) is 22.1 Å². The Morgan fingerprint density at radius 2 is 1.81 bits per heavy atom. The third-order valence-corrected chi connectivity index (χ3v) is 5.30. The minimum Gasteiger partial charge on any atom is -0.497 e. The standard InChI is InChI=1S/C15H16ClNO3S/c1-20-13-5-2-11(3-6-13)8-9-21(18,19)15-10-12(17)4-7-14(15)16/h2-7,10H,8-9,17H2,1H3. The van der Waals surface area contributed by atoms with Gasteiger partial charge in [-0.3, -0.25) is 0 Å². The number of aryl methyl sites for hydroxylation is 1. The predicted octanol–water partition coefficient (Wildman–Crippen LogP) is 2.95. The Bertz CT molecular complexity index is 727. The summed E-state index contributed by atoms with van der Waals surface area (Å²) in [5.41, 5.74) is 6.92. The maximum absolute atomic E-state index is 12.3. The van der Waals surface area contributed by atoms with E-state index in [0.29, 0.717) is 12.1 Å². The van der Waals surface area contributed by atoms with Crippen molar-refractivity contribution >= 4 is 27.1 Å². The van der Waals surface area contributed by atoms with Crippen molar-refractivity contribution in [2.24, 2.45) is 0 Å². The molecule has 2 rings (SSSR count). The van der Waals surface area contributed by atoms with E-state index in [-0.39, 0.29) is 15.7 Å². The van der Waals surface area contributed by atoms with E-state index in [2.05, 4.69) is 0 Å². The molecule has 0 heterocycles. The number of ether oxygens (including phenoxy) is 1. The van der Waals surface area contributed by atoms with Gasteiger partial charge in [0.15, 0.2) is 9.84 Å². The van der Waals surface area contributed by atoms with Crippen LogP contribution in [-0.4, -0.2) is 21.3 Å². The lowest BCUT2D eigenvalue weighted by Crippen LogP contribution is -2.10. The first-order valence-corrected chi connectivity index (χ1v) is 8.36. The molecule has 0 atom stereocenters. The molecule has 0 aliphatic rings. The van der Waals surface area contributed by atoms with Crippen molar-refractivity contribution in [3.8, 4) is 5.75 Å². The largest absolute Gasteiger partial charge is 0.497 e. The van der Waals surface area contributed by atoms with Crippen molar-refractivity contribution in [3.63, 3.8) is 0 Å². The van der Waals surface area contributed by atoms with Crippen LogP contribution in [0.1, 0.15) is 5.56 Å². The molecule has 0 fully saturated rings. The summed E-state index contributed by atoms with van der Waals surface area (Å²) in [6.45, 7) is 0. The predicted molar refractivity (Wildman–Crippen MR) is 84.6 cm³/mol. The van der Waals surface area contributed by atoms with Gasteiger partial charge in [-0.25, -0.2) is 8.42 Å². The molecule has 0 amide bonds. The number of nitrogens with two attached hydrogens (primary N) is 1. The van der Waals surface area contributed by atoms with E-state index < -0.39 is 9.84 Å². The summed E-state index contributed by atoms with van der Waals surface area (Å²) in [6.07, 6.45) is 0.400. The van der Waals surface area contributed by atoms with Gasteiger partial charge in [0.05, 0.1) is 22.8 Å². The Morgan fingerprint density at radius 1 is 1.14 bits per heavy atom. The molecule has 112 valence electrons. The van der Waals surface area contributed by atoms with Crippen LogP contribution in [0.15, 0.2) is 47.4 Å². The first-order valence-electron chi connectivity index (χ1n) is 6.33. The number of methoxy groups -OCH3 is 1. The van der Waals surface area contributed by atoms with Crippen molar-refractivity contribution in [2.45, 2.75) is 11.3 Å². The number of sulfone groups is 1. The number of rotatable bonds is 5. The molecule has 2 aromatic rings. The Balaban J connectivity index is 2.15. The average Bonchev–Trinajstić information content (AvgIpc) is 2.48. The monoisotopic (exact) mass is 325 g/mol. The fourth-order valence-electron chi connectivity index (χ4n) is 1.91. The quantitative estimate of drug-likeness (QED) is 0.858. The van der Waals surface area contributed by atoms with Gasteiger partial charge in [-0.1, -0.05) is 23.7 Å². The molecule has 21 heavy (non-hydrogen) atoms. The molecule has 0 aromatic heterocycles. The Kier molecular flexibility index (Phi) is 4.75. The van der Waals surface area contributed by atoms with Crippen molar-refractivity contribution in [3.05, 3.63) is 53.1 Å². The lowest BCUT2D eigenvalue weighted by atomic mass is 10.2. The summed E-state index contributed by atoms with van der Waals surface area (Å²) >= 11 is 5.95. The van der Waals surface area contributed by atoms with Gasteiger partial charge in [-0.05, 0) is 42.3 Å². The lowest BCUT2D eigenvalue weighted by molar-refractivity contribution is 0.414. The molecular weight excluding hydrogens is 310 g/mol. The number of hydrogen-bond acceptors (Lipinski definition) is 4. The van der Waals surface area contributed by atoms with E-state index in [1.807, 2.05) is 12.1 Å². The first-order chi connectivity index (χ1) is 9.92. The van der Waals surface area contributed by atoms with Crippen LogP contribution in [0.25, 0.3) is 0 Å². The fourth-order valence-corrected chi connectivity index (χ4v) is 3.79. The zero-order valence-corrected chi connectivity index (χ0v) is 13.1. The highest BCUT2D eigenvalue weighted by atomic mass is 35.5. The maximum atomic E-state index is 12.3. The van der Waals surface area contributed by atoms with E-state index in [9.17, 15) is 8.42 Å². The smallest absolute Gasteiger partial charge is 0.180 e. The van der Waals surface area contributed by atoms with Gasteiger partial charge in [0.2, 0.25) is 0 Å². The topological polar surface area (TPSA) is 69.4 Å². The summed E-state index contributed by atoms with van der Waals surface area (Å²) in [5.74, 6) is 0.711. The van der Waals surface area contributed by atoms with Gasteiger partial charge in [0.1, 0.15) is 5.75 Å². The van der Waals surface area contributed by atoms with Crippen molar-refractivity contribution < 1.29 is 13.2 Å². The highest BCUT2D eigenvalue weighted by Gasteiger charge is 2.18. The van der Waals surface area contributed by atoms with E-state index in [1.165, 1.54) is 12.1 Å². The normalized spacial score (nSPS) is 11.3. The molecule has 0 aliphatic heterocycles. The highest BCUT2D eigenvalue weighted by molar-refractivity contribution is 7.91. The van der Waals surface area contributed by atoms with Gasteiger partial charge in [0.25, 0.3) is 0 Å². The Labute approximate surface area is 129 Å². The highest BCUT2D eigenvalue weighted by Crippen LogP contribution is 2.25. The molecule has 6 heteroatoms. The van der Waals surface area contributed by atoms with Gasteiger partial charge in [-0.15, -0.1) is 0 Å². The molecule has 0 aliphatic carbocycles. The first kappa shape index (κ1) is 15.7. The third-order valence-electron chi connectivity index (χ3n) is 3.11. The van der Waals surface area contributed by atoms with Crippen LogP contribution < -0.4 is 10.5 Å². The van der Waals surface area contributed by atoms with Crippen LogP contribution in [0, 0.1) is 0 Å².